The van der Waals surface area contributed by atoms with Crippen LogP contribution in [-0.2, 0) is 12.8 Å². The summed E-state index contributed by atoms with van der Waals surface area (Å²) in [6.07, 6.45) is 2.43. The quantitative estimate of drug-likeness (QED) is 0.259. The van der Waals surface area contributed by atoms with Crippen LogP contribution in [0, 0.1) is 10.1 Å². The van der Waals surface area contributed by atoms with Gasteiger partial charge in [0.15, 0.2) is 28.8 Å². The molecule has 11 nitrogen and oxygen atoms in total. The second-order valence-corrected chi connectivity index (χ2v) is 9.06. The highest BCUT2D eigenvalue weighted by Crippen LogP contribution is 2.34. The SMILES string of the molecule is COc1ccc(N(CCCN2CCc3cc(OC)c(OC)cc3CC2)C(=O)c2ccc([N+](=O)[O-])o2)cc1OC. The fourth-order valence-corrected chi connectivity index (χ4v) is 4.79. The molecule has 11 heteroatoms. The number of hydrogen-bond donors (Lipinski definition) is 0. The van der Waals surface area contributed by atoms with Crippen LogP contribution in [0.1, 0.15) is 28.1 Å². The lowest BCUT2D eigenvalue weighted by atomic mass is 10.0. The Balaban J connectivity index is 1.48. The van der Waals surface area contributed by atoms with Gasteiger partial charge < -0.3 is 33.2 Å². The Kier molecular flexibility index (Phi) is 8.92. The first-order chi connectivity index (χ1) is 18.9. The predicted octanol–water partition coefficient (Wildman–Crippen LogP) is 4.36. The molecule has 2 aromatic carbocycles. The normalized spacial score (nSPS) is 13.2. The van der Waals surface area contributed by atoms with E-state index in [0.717, 1.165) is 44.0 Å². The number of rotatable bonds is 11. The Bertz CT molecular complexity index is 1290. The van der Waals surface area contributed by atoms with Crippen molar-refractivity contribution in [2.45, 2.75) is 19.3 Å². The molecule has 0 fully saturated rings. The van der Waals surface area contributed by atoms with Crippen LogP contribution in [0.15, 0.2) is 46.9 Å². The summed E-state index contributed by atoms with van der Waals surface area (Å²) in [5.74, 6) is 1.39. The number of carbonyl (C=O) groups is 1. The average Bonchev–Trinajstić information content (AvgIpc) is 3.38. The van der Waals surface area contributed by atoms with E-state index in [1.807, 2.05) is 0 Å². The molecule has 1 aliphatic rings. The third-order valence-corrected chi connectivity index (χ3v) is 6.86. The van der Waals surface area contributed by atoms with Gasteiger partial charge in [-0.1, -0.05) is 0 Å². The van der Waals surface area contributed by atoms with Crippen molar-refractivity contribution in [3.63, 3.8) is 0 Å². The lowest BCUT2D eigenvalue weighted by Gasteiger charge is -2.25. The van der Waals surface area contributed by atoms with Crippen molar-refractivity contribution in [2.75, 3.05) is 59.5 Å². The zero-order valence-electron chi connectivity index (χ0n) is 22.6. The van der Waals surface area contributed by atoms with Gasteiger partial charge in [-0.2, -0.15) is 0 Å². The molecule has 1 amide bonds. The van der Waals surface area contributed by atoms with Gasteiger partial charge in [-0.05, 0) is 67.3 Å². The van der Waals surface area contributed by atoms with Crippen molar-refractivity contribution in [3.05, 3.63) is 69.5 Å². The molecule has 4 rings (SSSR count). The third kappa shape index (κ3) is 6.26. The maximum absolute atomic E-state index is 13.4. The Morgan fingerprint density at radius 1 is 0.897 bits per heavy atom. The topological polar surface area (TPSA) is 117 Å². The second-order valence-electron chi connectivity index (χ2n) is 9.06. The zero-order chi connectivity index (χ0) is 27.9. The van der Waals surface area contributed by atoms with E-state index in [2.05, 4.69) is 17.0 Å². The van der Waals surface area contributed by atoms with Crippen LogP contribution >= 0.6 is 0 Å². The van der Waals surface area contributed by atoms with Crippen LogP contribution in [0.2, 0.25) is 0 Å². The monoisotopic (exact) mass is 539 g/mol. The van der Waals surface area contributed by atoms with Gasteiger partial charge in [0.2, 0.25) is 0 Å². The first-order valence-electron chi connectivity index (χ1n) is 12.6. The molecule has 39 heavy (non-hydrogen) atoms. The summed E-state index contributed by atoms with van der Waals surface area (Å²) >= 11 is 0. The Morgan fingerprint density at radius 2 is 1.49 bits per heavy atom. The molecule has 3 aromatic rings. The highest BCUT2D eigenvalue weighted by molar-refractivity contribution is 6.04. The molecule has 0 bridgehead atoms. The van der Waals surface area contributed by atoms with E-state index in [1.165, 1.54) is 37.5 Å². The van der Waals surface area contributed by atoms with E-state index in [0.29, 0.717) is 30.2 Å². The van der Waals surface area contributed by atoms with Crippen molar-refractivity contribution >= 4 is 17.5 Å². The number of amides is 1. The molecule has 0 aliphatic carbocycles. The molecule has 2 heterocycles. The van der Waals surface area contributed by atoms with Gasteiger partial charge in [0, 0.05) is 31.4 Å². The van der Waals surface area contributed by atoms with Crippen molar-refractivity contribution in [1.82, 2.24) is 4.90 Å². The Morgan fingerprint density at radius 3 is 2.03 bits per heavy atom. The summed E-state index contributed by atoms with van der Waals surface area (Å²) in [4.78, 5) is 27.8. The van der Waals surface area contributed by atoms with Crippen LogP contribution < -0.4 is 23.8 Å². The van der Waals surface area contributed by atoms with E-state index in [9.17, 15) is 14.9 Å². The summed E-state index contributed by atoms with van der Waals surface area (Å²) in [6.45, 7) is 2.87. The summed E-state index contributed by atoms with van der Waals surface area (Å²) in [5, 5.41) is 11.1. The van der Waals surface area contributed by atoms with Crippen LogP contribution in [0.4, 0.5) is 11.6 Å². The number of benzene rings is 2. The van der Waals surface area contributed by atoms with Crippen LogP contribution in [0.25, 0.3) is 0 Å². The molecular formula is C28H33N3O8. The van der Waals surface area contributed by atoms with Crippen molar-refractivity contribution in [2.24, 2.45) is 0 Å². The zero-order valence-corrected chi connectivity index (χ0v) is 22.6. The smallest absolute Gasteiger partial charge is 0.433 e. The minimum Gasteiger partial charge on any atom is -0.493 e. The summed E-state index contributed by atoms with van der Waals surface area (Å²) in [6, 6.07) is 11.8. The van der Waals surface area contributed by atoms with Gasteiger partial charge in [-0.25, -0.2) is 0 Å². The van der Waals surface area contributed by atoms with Gasteiger partial charge in [-0.15, -0.1) is 0 Å². The van der Waals surface area contributed by atoms with Crippen LogP contribution in [-0.4, -0.2) is 70.3 Å². The fraction of sp³-hybridized carbons (Fsp3) is 0.393. The number of nitro groups is 1. The highest BCUT2D eigenvalue weighted by atomic mass is 16.6. The van der Waals surface area contributed by atoms with Crippen molar-refractivity contribution in [1.29, 1.82) is 0 Å². The number of hydrogen-bond acceptors (Lipinski definition) is 9. The number of ether oxygens (including phenoxy) is 4. The number of carbonyl (C=O) groups excluding carboxylic acids is 1. The van der Waals surface area contributed by atoms with Crippen molar-refractivity contribution in [3.8, 4) is 23.0 Å². The molecule has 0 N–H and O–H groups in total. The lowest BCUT2D eigenvalue weighted by molar-refractivity contribution is -0.402. The van der Waals surface area contributed by atoms with Crippen LogP contribution in [0.3, 0.4) is 0 Å². The molecule has 0 spiro atoms. The maximum atomic E-state index is 13.4. The first kappa shape index (κ1) is 27.8. The third-order valence-electron chi connectivity index (χ3n) is 6.86. The molecule has 208 valence electrons. The van der Waals surface area contributed by atoms with Gasteiger partial charge in [0.05, 0.1) is 34.5 Å². The van der Waals surface area contributed by atoms with E-state index >= 15 is 0 Å². The molecule has 1 aromatic heterocycles. The molecule has 0 atom stereocenters. The highest BCUT2D eigenvalue weighted by Gasteiger charge is 2.25. The summed E-state index contributed by atoms with van der Waals surface area (Å²) in [5.41, 5.74) is 3.06. The lowest BCUT2D eigenvalue weighted by Crippen LogP contribution is -2.35. The maximum Gasteiger partial charge on any atom is 0.433 e. The molecule has 0 radical (unpaired) electrons. The first-order valence-corrected chi connectivity index (χ1v) is 12.6. The average molecular weight is 540 g/mol. The van der Waals surface area contributed by atoms with Gasteiger partial charge in [-0.3, -0.25) is 14.9 Å². The van der Waals surface area contributed by atoms with E-state index < -0.39 is 16.7 Å². The van der Waals surface area contributed by atoms with E-state index in [1.54, 1.807) is 37.3 Å². The minimum absolute atomic E-state index is 0.107. The van der Waals surface area contributed by atoms with Crippen LogP contribution in [0.5, 0.6) is 23.0 Å². The minimum atomic E-state index is -0.667. The van der Waals surface area contributed by atoms with Gasteiger partial charge >= 0.3 is 5.88 Å². The Hall–Kier alpha value is -4.25. The number of nitrogens with zero attached hydrogens (tertiary/aromatic N) is 3. The number of fused-ring (bicyclic) bond motifs is 1. The Labute approximate surface area is 227 Å². The molecule has 0 saturated carbocycles. The molecular weight excluding hydrogens is 506 g/mol. The standard InChI is InChI=1S/C28H33N3O8/c1-35-22-7-6-21(18-26(22)38-4)30(28(32)23-8-9-27(39-23)31(33)34)13-5-12-29-14-10-19-16-24(36-2)25(37-3)17-20(19)11-15-29/h6-9,16-18H,5,10-15H2,1-4H3. The largest absolute Gasteiger partial charge is 0.493 e. The fourth-order valence-electron chi connectivity index (χ4n) is 4.79. The molecule has 0 saturated heterocycles. The molecule has 1 aliphatic heterocycles. The number of furan rings is 1. The summed E-state index contributed by atoms with van der Waals surface area (Å²) < 4.78 is 26.9. The van der Waals surface area contributed by atoms with E-state index in [-0.39, 0.29) is 5.76 Å². The second kappa shape index (κ2) is 12.5. The predicted molar refractivity (Wildman–Crippen MR) is 145 cm³/mol. The molecule has 0 unspecified atom stereocenters. The van der Waals surface area contributed by atoms with Gasteiger partial charge in [0.1, 0.15) is 4.92 Å². The van der Waals surface area contributed by atoms with Crippen molar-refractivity contribution < 1.29 is 33.1 Å². The van der Waals surface area contributed by atoms with E-state index in [4.69, 9.17) is 23.4 Å². The number of anilines is 1. The number of methoxy groups -OCH3 is 4. The van der Waals surface area contributed by atoms with Gasteiger partial charge in [0.25, 0.3) is 5.91 Å². The summed E-state index contributed by atoms with van der Waals surface area (Å²) in [7, 11) is 6.33.